The Kier molecular flexibility index (Phi) is 5.34. The van der Waals surface area contributed by atoms with Crippen LogP contribution < -0.4 is 10.1 Å². The Morgan fingerprint density at radius 3 is 3.15 bits per heavy atom. The number of hydrogen-bond acceptors (Lipinski definition) is 5. The number of aromatic nitrogens is 2. The number of amides is 1. The second kappa shape index (κ2) is 8.05. The zero-order valence-electron chi connectivity index (χ0n) is 15.8. The summed E-state index contributed by atoms with van der Waals surface area (Å²) in [5.74, 6) is 1.82. The summed E-state index contributed by atoms with van der Waals surface area (Å²) in [7, 11) is 1.67. The molecule has 2 aliphatic heterocycles. The van der Waals surface area contributed by atoms with Crippen LogP contribution in [0.5, 0.6) is 5.75 Å². The molecular formula is C21H26N4O2. The smallest absolute Gasteiger partial charge is 0.223 e. The van der Waals surface area contributed by atoms with Crippen LogP contribution in [-0.4, -0.2) is 41.0 Å². The molecule has 1 aromatic heterocycles. The zero-order valence-corrected chi connectivity index (χ0v) is 15.8. The highest BCUT2D eigenvalue weighted by molar-refractivity contribution is 5.77. The summed E-state index contributed by atoms with van der Waals surface area (Å²) in [5.41, 5.74) is 3.38. The van der Waals surface area contributed by atoms with E-state index in [0.29, 0.717) is 12.8 Å². The van der Waals surface area contributed by atoms with E-state index in [4.69, 9.17) is 9.72 Å². The van der Waals surface area contributed by atoms with Gasteiger partial charge in [-0.25, -0.2) is 9.97 Å². The first kappa shape index (κ1) is 17.9. The molecular weight excluding hydrogens is 340 g/mol. The highest BCUT2D eigenvalue weighted by Gasteiger charge is 2.32. The van der Waals surface area contributed by atoms with E-state index >= 15 is 0 Å². The van der Waals surface area contributed by atoms with Crippen LogP contribution in [0.25, 0.3) is 0 Å². The van der Waals surface area contributed by atoms with Gasteiger partial charge in [0.05, 0.1) is 13.2 Å². The van der Waals surface area contributed by atoms with Gasteiger partial charge in [-0.2, -0.15) is 0 Å². The first-order chi connectivity index (χ1) is 13.3. The summed E-state index contributed by atoms with van der Waals surface area (Å²) >= 11 is 0. The van der Waals surface area contributed by atoms with E-state index in [0.717, 1.165) is 61.7 Å². The lowest BCUT2D eigenvalue weighted by Gasteiger charge is -2.25. The zero-order chi connectivity index (χ0) is 18.6. The van der Waals surface area contributed by atoms with E-state index < -0.39 is 0 Å². The molecule has 6 heteroatoms. The number of para-hydroxylation sites is 1. The number of ether oxygens (including phenoxy) is 1. The van der Waals surface area contributed by atoms with Gasteiger partial charge in [0, 0.05) is 49.9 Å². The molecule has 142 valence electrons. The summed E-state index contributed by atoms with van der Waals surface area (Å²) in [5, 5.41) is 3.34. The van der Waals surface area contributed by atoms with Gasteiger partial charge in [-0.15, -0.1) is 0 Å². The van der Waals surface area contributed by atoms with Crippen LogP contribution in [0, 0.1) is 0 Å². The minimum Gasteiger partial charge on any atom is -0.496 e. The van der Waals surface area contributed by atoms with Crippen molar-refractivity contribution in [1.29, 1.82) is 0 Å². The second-order valence-electron chi connectivity index (χ2n) is 7.18. The molecule has 1 fully saturated rings. The van der Waals surface area contributed by atoms with Gasteiger partial charge >= 0.3 is 0 Å². The summed E-state index contributed by atoms with van der Waals surface area (Å²) < 4.78 is 5.40. The number of aryl methyl sites for hydroxylation is 1. The van der Waals surface area contributed by atoms with Crippen LogP contribution in [0.2, 0.25) is 0 Å². The van der Waals surface area contributed by atoms with Crippen LogP contribution in [0.4, 0.5) is 0 Å². The summed E-state index contributed by atoms with van der Waals surface area (Å²) in [6.45, 7) is 2.58. The Morgan fingerprint density at radius 2 is 2.26 bits per heavy atom. The van der Waals surface area contributed by atoms with Gasteiger partial charge < -0.3 is 15.0 Å². The third-order valence-corrected chi connectivity index (χ3v) is 5.50. The molecule has 0 spiro atoms. The number of nitrogens with one attached hydrogen (secondary N) is 1. The van der Waals surface area contributed by atoms with Gasteiger partial charge in [0.25, 0.3) is 0 Å². The number of methoxy groups -OCH3 is 1. The maximum absolute atomic E-state index is 12.9. The maximum atomic E-state index is 12.9. The first-order valence-electron chi connectivity index (χ1n) is 9.73. The molecule has 0 aliphatic carbocycles. The Hall–Kier alpha value is -2.47. The van der Waals surface area contributed by atoms with Crippen molar-refractivity contribution in [2.75, 3.05) is 20.2 Å². The molecule has 2 aliphatic rings. The third-order valence-electron chi connectivity index (χ3n) is 5.50. The molecule has 27 heavy (non-hydrogen) atoms. The summed E-state index contributed by atoms with van der Waals surface area (Å²) in [4.78, 5) is 24.3. The minimum absolute atomic E-state index is 0.00959. The van der Waals surface area contributed by atoms with Crippen LogP contribution in [0.3, 0.4) is 0 Å². The van der Waals surface area contributed by atoms with Crippen molar-refractivity contribution in [2.24, 2.45) is 0 Å². The highest BCUT2D eigenvalue weighted by Crippen LogP contribution is 2.31. The molecule has 0 saturated carbocycles. The number of nitrogens with zero attached hydrogens (tertiary/aromatic N) is 3. The van der Waals surface area contributed by atoms with Crippen LogP contribution in [-0.2, 0) is 24.2 Å². The number of rotatable bonds is 5. The average molecular weight is 366 g/mol. The van der Waals surface area contributed by atoms with Crippen molar-refractivity contribution in [3.8, 4) is 5.75 Å². The van der Waals surface area contributed by atoms with E-state index in [9.17, 15) is 4.79 Å². The predicted octanol–water partition coefficient (Wildman–Crippen LogP) is 2.43. The van der Waals surface area contributed by atoms with Crippen LogP contribution in [0.1, 0.15) is 47.9 Å². The molecule has 4 rings (SSSR count). The van der Waals surface area contributed by atoms with Gasteiger partial charge in [-0.3, -0.25) is 4.79 Å². The quantitative estimate of drug-likeness (QED) is 0.880. The van der Waals surface area contributed by atoms with Gasteiger partial charge in [0.1, 0.15) is 5.75 Å². The fourth-order valence-corrected chi connectivity index (χ4v) is 4.04. The molecule has 1 N–H and O–H groups in total. The van der Waals surface area contributed by atoms with Crippen molar-refractivity contribution >= 4 is 5.91 Å². The minimum atomic E-state index is 0.00959. The molecule has 2 aromatic rings. The number of hydrogen-bond donors (Lipinski definition) is 1. The fourth-order valence-electron chi connectivity index (χ4n) is 4.04. The number of benzene rings is 1. The van der Waals surface area contributed by atoms with Gasteiger partial charge in [-0.1, -0.05) is 18.2 Å². The average Bonchev–Trinajstić information content (AvgIpc) is 3.22. The standard InChI is InChI=1S/C21H26N4O2/c1-27-19-7-3-2-5-15(19)8-9-20(26)25-12-4-6-18(25)21-23-14-16-13-22-11-10-17(16)24-21/h2-3,5,7,14,18,22H,4,6,8-13H2,1H3. The number of carbonyl (C=O) groups excluding carboxylic acids is 1. The molecule has 0 bridgehead atoms. The fraction of sp³-hybridized carbons (Fsp3) is 0.476. The third kappa shape index (κ3) is 3.81. The van der Waals surface area contributed by atoms with Crippen LogP contribution in [0.15, 0.2) is 30.5 Å². The van der Waals surface area contributed by atoms with Crippen molar-refractivity contribution in [3.05, 3.63) is 53.1 Å². The molecule has 6 nitrogen and oxygen atoms in total. The van der Waals surface area contributed by atoms with Crippen molar-refractivity contribution < 1.29 is 9.53 Å². The Bertz CT molecular complexity index is 824. The Labute approximate surface area is 160 Å². The highest BCUT2D eigenvalue weighted by atomic mass is 16.5. The predicted molar refractivity (Wildman–Crippen MR) is 102 cm³/mol. The Morgan fingerprint density at radius 1 is 1.37 bits per heavy atom. The molecule has 0 radical (unpaired) electrons. The maximum Gasteiger partial charge on any atom is 0.223 e. The molecule has 3 heterocycles. The molecule has 1 unspecified atom stereocenters. The lowest BCUT2D eigenvalue weighted by Crippen LogP contribution is -2.32. The van der Waals surface area contributed by atoms with E-state index in [1.807, 2.05) is 35.4 Å². The molecule has 1 aromatic carbocycles. The van der Waals surface area contributed by atoms with Gasteiger partial charge in [-0.05, 0) is 30.9 Å². The first-order valence-corrected chi connectivity index (χ1v) is 9.73. The molecule has 1 atom stereocenters. The molecule has 1 saturated heterocycles. The van der Waals surface area contributed by atoms with Crippen molar-refractivity contribution in [2.45, 2.75) is 44.7 Å². The lowest BCUT2D eigenvalue weighted by atomic mass is 10.1. The van der Waals surface area contributed by atoms with Gasteiger partial charge in [0.2, 0.25) is 5.91 Å². The van der Waals surface area contributed by atoms with Gasteiger partial charge in [0.15, 0.2) is 5.82 Å². The molecule has 1 amide bonds. The summed E-state index contributed by atoms with van der Waals surface area (Å²) in [6, 6.07) is 7.90. The van der Waals surface area contributed by atoms with E-state index in [1.54, 1.807) is 7.11 Å². The Balaban J connectivity index is 1.45. The number of likely N-dealkylation sites (tertiary alicyclic amines) is 1. The van der Waals surface area contributed by atoms with E-state index in [1.165, 1.54) is 5.56 Å². The normalized spacial score (nSPS) is 19.0. The van der Waals surface area contributed by atoms with Crippen molar-refractivity contribution in [1.82, 2.24) is 20.2 Å². The monoisotopic (exact) mass is 366 g/mol. The second-order valence-corrected chi connectivity index (χ2v) is 7.18. The SMILES string of the molecule is COc1ccccc1CCC(=O)N1CCCC1c1ncc2c(n1)CCNC2. The summed E-state index contributed by atoms with van der Waals surface area (Å²) in [6.07, 6.45) is 5.97. The van der Waals surface area contributed by atoms with Crippen molar-refractivity contribution in [3.63, 3.8) is 0 Å². The van der Waals surface area contributed by atoms with E-state index in [-0.39, 0.29) is 11.9 Å². The number of fused-ring (bicyclic) bond motifs is 1. The van der Waals surface area contributed by atoms with E-state index in [2.05, 4.69) is 10.3 Å². The topological polar surface area (TPSA) is 67.3 Å². The largest absolute Gasteiger partial charge is 0.496 e. The van der Waals surface area contributed by atoms with Crippen LogP contribution >= 0.6 is 0 Å². The lowest BCUT2D eigenvalue weighted by molar-refractivity contribution is -0.132. The number of carbonyl (C=O) groups is 1.